The van der Waals surface area contributed by atoms with Gasteiger partial charge in [-0.15, -0.1) is 0 Å². The summed E-state index contributed by atoms with van der Waals surface area (Å²) in [5.74, 6) is 0.834. The Morgan fingerprint density at radius 3 is 2.80 bits per heavy atom. The van der Waals surface area contributed by atoms with E-state index in [1.807, 2.05) is 18.2 Å². The summed E-state index contributed by atoms with van der Waals surface area (Å²) in [7, 11) is 1.67. The minimum atomic E-state index is 0.834. The molecular formula is C16H16N2OS. The van der Waals surface area contributed by atoms with Gasteiger partial charge in [-0.05, 0) is 43.2 Å². The molecule has 0 fully saturated rings. The van der Waals surface area contributed by atoms with Crippen molar-refractivity contribution in [2.45, 2.75) is 13.8 Å². The first-order chi connectivity index (χ1) is 9.67. The molecule has 0 saturated carbocycles. The number of hydrogen-bond acceptors (Lipinski definition) is 4. The zero-order valence-electron chi connectivity index (χ0n) is 11.7. The van der Waals surface area contributed by atoms with E-state index in [0.29, 0.717) is 0 Å². The summed E-state index contributed by atoms with van der Waals surface area (Å²) in [5, 5.41) is 4.31. The van der Waals surface area contributed by atoms with Crippen molar-refractivity contribution in [1.82, 2.24) is 4.98 Å². The maximum Gasteiger partial charge on any atom is 0.188 e. The highest BCUT2D eigenvalue weighted by Gasteiger charge is 2.07. The van der Waals surface area contributed by atoms with Crippen molar-refractivity contribution in [3.8, 4) is 5.75 Å². The summed E-state index contributed by atoms with van der Waals surface area (Å²) in [4.78, 5) is 4.61. The van der Waals surface area contributed by atoms with E-state index in [1.54, 1.807) is 18.4 Å². The molecule has 0 radical (unpaired) electrons. The summed E-state index contributed by atoms with van der Waals surface area (Å²) in [6.07, 6.45) is 0. The topological polar surface area (TPSA) is 34.1 Å². The fourth-order valence-electron chi connectivity index (χ4n) is 2.09. The smallest absolute Gasteiger partial charge is 0.188 e. The van der Waals surface area contributed by atoms with Crippen molar-refractivity contribution in [3.05, 3.63) is 47.5 Å². The number of rotatable bonds is 3. The van der Waals surface area contributed by atoms with Gasteiger partial charge >= 0.3 is 0 Å². The first-order valence-corrected chi connectivity index (χ1v) is 7.27. The lowest BCUT2D eigenvalue weighted by Crippen LogP contribution is -1.93. The van der Waals surface area contributed by atoms with Crippen molar-refractivity contribution in [3.63, 3.8) is 0 Å². The molecule has 1 aromatic heterocycles. The van der Waals surface area contributed by atoms with Crippen LogP contribution >= 0.6 is 11.3 Å². The lowest BCUT2D eigenvalue weighted by atomic mass is 10.1. The fourth-order valence-corrected chi connectivity index (χ4v) is 2.95. The Morgan fingerprint density at radius 1 is 1.15 bits per heavy atom. The summed E-state index contributed by atoms with van der Waals surface area (Å²) in [6.45, 7) is 4.23. The SMILES string of the molecule is COc1ccc2sc(Nc3cccc(C)c3C)nc2c1. The van der Waals surface area contributed by atoms with E-state index >= 15 is 0 Å². The second-order valence-electron chi connectivity index (χ2n) is 4.73. The van der Waals surface area contributed by atoms with Crippen LogP contribution in [-0.2, 0) is 0 Å². The minimum Gasteiger partial charge on any atom is -0.497 e. The van der Waals surface area contributed by atoms with Crippen LogP contribution < -0.4 is 10.1 Å². The van der Waals surface area contributed by atoms with Crippen LogP contribution in [0.4, 0.5) is 10.8 Å². The van der Waals surface area contributed by atoms with Gasteiger partial charge in [0.1, 0.15) is 5.75 Å². The molecule has 0 amide bonds. The Hall–Kier alpha value is -2.07. The first-order valence-electron chi connectivity index (χ1n) is 6.45. The molecule has 3 rings (SSSR count). The third kappa shape index (κ3) is 2.34. The Kier molecular flexibility index (Phi) is 3.32. The molecule has 1 heterocycles. The molecule has 2 aromatic carbocycles. The van der Waals surface area contributed by atoms with Crippen LogP contribution in [0.25, 0.3) is 10.2 Å². The predicted molar refractivity (Wildman–Crippen MR) is 85.4 cm³/mol. The van der Waals surface area contributed by atoms with Crippen LogP contribution in [0.5, 0.6) is 5.75 Å². The number of fused-ring (bicyclic) bond motifs is 1. The van der Waals surface area contributed by atoms with Gasteiger partial charge in [0.05, 0.1) is 17.3 Å². The van der Waals surface area contributed by atoms with Crippen LogP contribution in [0.3, 0.4) is 0 Å². The third-order valence-electron chi connectivity index (χ3n) is 3.44. The predicted octanol–water partition coefficient (Wildman–Crippen LogP) is 4.67. The molecule has 102 valence electrons. The summed E-state index contributed by atoms with van der Waals surface area (Å²) in [6, 6.07) is 12.2. The highest BCUT2D eigenvalue weighted by atomic mass is 32.1. The highest BCUT2D eigenvalue weighted by Crippen LogP contribution is 2.31. The van der Waals surface area contributed by atoms with Crippen LogP contribution in [0.15, 0.2) is 36.4 Å². The lowest BCUT2D eigenvalue weighted by Gasteiger charge is -2.08. The molecule has 0 aliphatic carbocycles. The van der Waals surface area contributed by atoms with Gasteiger partial charge in [0.15, 0.2) is 5.13 Å². The van der Waals surface area contributed by atoms with Gasteiger partial charge in [-0.3, -0.25) is 0 Å². The quantitative estimate of drug-likeness (QED) is 0.759. The largest absolute Gasteiger partial charge is 0.497 e. The summed E-state index contributed by atoms with van der Waals surface area (Å²) in [5.41, 5.74) is 4.60. The van der Waals surface area contributed by atoms with Gasteiger partial charge in [0.2, 0.25) is 0 Å². The summed E-state index contributed by atoms with van der Waals surface area (Å²) >= 11 is 1.65. The Morgan fingerprint density at radius 2 is 2.00 bits per heavy atom. The molecule has 0 bridgehead atoms. The van der Waals surface area contributed by atoms with Crippen LogP contribution in [0.2, 0.25) is 0 Å². The monoisotopic (exact) mass is 284 g/mol. The number of aryl methyl sites for hydroxylation is 1. The molecule has 0 aliphatic heterocycles. The number of anilines is 2. The lowest BCUT2D eigenvalue weighted by molar-refractivity contribution is 0.415. The van der Waals surface area contributed by atoms with Crippen molar-refractivity contribution < 1.29 is 4.74 Å². The molecule has 3 aromatic rings. The van der Waals surface area contributed by atoms with E-state index in [9.17, 15) is 0 Å². The van der Waals surface area contributed by atoms with Gasteiger partial charge < -0.3 is 10.1 Å². The fraction of sp³-hybridized carbons (Fsp3) is 0.188. The molecule has 0 unspecified atom stereocenters. The van der Waals surface area contributed by atoms with Gasteiger partial charge in [-0.1, -0.05) is 23.5 Å². The van der Waals surface area contributed by atoms with E-state index in [2.05, 4.69) is 42.3 Å². The van der Waals surface area contributed by atoms with E-state index in [0.717, 1.165) is 26.8 Å². The highest BCUT2D eigenvalue weighted by molar-refractivity contribution is 7.22. The Balaban J connectivity index is 1.96. The Bertz CT molecular complexity index is 764. The molecule has 20 heavy (non-hydrogen) atoms. The molecular weight excluding hydrogens is 268 g/mol. The molecule has 0 aliphatic rings. The zero-order chi connectivity index (χ0) is 14.1. The summed E-state index contributed by atoms with van der Waals surface area (Å²) < 4.78 is 6.38. The number of ether oxygens (including phenoxy) is 1. The van der Waals surface area contributed by atoms with Crippen LogP contribution in [0.1, 0.15) is 11.1 Å². The molecule has 4 heteroatoms. The van der Waals surface area contributed by atoms with Crippen molar-refractivity contribution >= 4 is 32.4 Å². The number of nitrogens with one attached hydrogen (secondary N) is 1. The second kappa shape index (κ2) is 5.13. The van der Waals surface area contributed by atoms with Crippen molar-refractivity contribution in [2.24, 2.45) is 0 Å². The molecule has 0 saturated heterocycles. The van der Waals surface area contributed by atoms with E-state index < -0.39 is 0 Å². The molecule has 0 spiro atoms. The van der Waals surface area contributed by atoms with Crippen LogP contribution in [0, 0.1) is 13.8 Å². The normalized spacial score (nSPS) is 10.8. The van der Waals surface area contributed by atoms with Gasteiger partial charge in [-0.2, -0.15) is 0 Å². The number of methoxy groups -OCH3 is 1. The number of aromatic nitrogens is 1. The number of hydrogen-bond donors (Lipinski definition) is 1. The number of thiazole rings is 1. The van der Waals surface area contributed by atoms with Crippen molar-refractivity contribution in [2.75, 3.05) is 12.4 Å². The number of nitrogens with zero attached hydrogens (tertiary/aromatic N) is 1. The average Bonchev–Trinajstić information content (AvgIpc) is 2.85. The maximum atomic E-state index is 5.23. The van der Waals surface area contributed by atoms with Gasteiger partial charge in [0, 0.05) is 11.8 Å². The van der Waals surface area contributed by atoms with E-state index in [-0.39, 0.29) is 0 Å². The minimum absolute atomic E-state index is 0.834. The molecule has 0 atom stereocenters. The molecule has 3 nitrogen and oxygen atoms in total. The number of benzene rings is 2. The zero-order valence-corrected chi connectivity index (χ0v) is 12.5. The van der Waals surface area contributed by atoms with E-state index in [1.165, 1.54) is 11.1 Å². The van der Waals surface area contributed by atoms with Gasteiger partial charge in [-0.25, -0.2) is 4.98 Å². The van der Waals surface area contributed by atoms with Crippen molar-refractivity contribution in [1.29, 1.82) is 0 Å². The van der Waals surface area contributed by atoms with Gasteiger partial charge in [0.25, 0.3) is 0 Å². The Labute approximate surface area is 122 Å². The second-order valence-corrected chi connectivity index (χ2v) is 5.76. The van der Waals surface area contributed by atoms with E-state index in [4.69, 9.17) is 4.74 Å². The third-order valence-corrected chi connectivity index (χ3v) is 4.39. The first kappa shape index (κ1) is 12.9. The standard InChI is InChI=1S/C16H16N2OS/c1-10-5-4-6-13(11(10)2)17-16-18-14-9-12(19-3)7-8-15(14)20-16/h4-9H,1-3H3,(H,17,18). The van der Waals surface area contributed by atoms with Crippen LogP contribution in [-0.4, -0.2) is 12.1 Å². The average molecular weight is 284 g/mol. The maximum absolute atomic E-state index is 5.23. The molecule has 1 N–H and O–H groups in total.